The fraction of sp³-hybridized carbons (Fsp3) is 0.111. The summed E-state index contributed by atoms with van der Waals surface area (Å²) in [5, 5.41) is 11.9. The zero-order chi connectivity index (χ0) is 16.9. The monoisotopic (exact) mass is 356 g/mol. The third kappa shape index (κ3) is 4.57. The van der Waals surface area contributed by atoms with Crippen LogP contribution < -0.4 is 10.6 Å². The lowest BCUT2D eigenvalue weighted by Gasteiger charge is -2.08. The number of hydrogen-bond donors (Lipinski definition) is 2. The molecule has 1 aromatic heterocycles. The molecular weight excluding hydrogens is 340 g/mol. The van der Waals surface area contributed by atoms with E-state index in [0.29, 0.717) is 17.5 Å². The van der Waals surface area contributed by atoms with E-state index in [1.54, 1.807) is 0 Å². The van der Waals surface area contributed by atoms with Crippen LogP contribution >= 0.6 is 23.8 Å². The second kappa shape index (κ2) is 7.47. The quantitative estimate of drug-likeness (QED) is 0.665. The van der Waals surface area contributed by atoms with Crippen molar-refractivity contribution in [3.63, 3.8) is 0 Å². The number of halogens is 1. The van der Waals surface area contributed by atoms with E-state index in [9.17, 15) is 0 Å². The minimum Gasteiger partial charge on any atom is -0.332 e. The van der Waals surface area contributed by atoms with Crippen molar-refractivity contribution in [2.24, 2.45) is 0 Å². The molecule has 2 N–H and O–H groups in total. The summed E-state index contributed by atoms with van der Waals surface area (Å²) in [7, 11) is 0. The summed E-state index contributed by atoms with van der Waals surface area (Å²) in [6.45, 7) is 2.70. The minimum atomic E-state index is 0.506. The Balaban J connectivity index is 1.59. The summed E-state index contributed by atoms with van der Waals surface area (Å²) in [4.78, 5) is 0. The van der Waals surface area contributed by atoms with Gasteiger partial charge in [0.1, 0.15) is 0 Å². The molecule has 0 aliphatic carbocycles. The van der Waals surface area contributed by atoms with E-state index < -0.39 is 0 Å². The van der Waals surface area contributed by atoms with Crippen molar-refractivity contribution < 1.29 is 0 Å². The molecule has 2 aromatic carbocycles. The van der Waals surface area contributed by atoms with Gasteiger partial charge in [0, 0.05) is 23.0 Å². The van der Waals surface area contributed by atoms with Crippen molar-refractivity contribution in [1.82, 2.24) is 9.78 Å². The summed E-state index contributed by atoms with van der Waals surface area (Å²) in [6, 6.07) is 17.7. The van der Waals surface area contributed by atoms with Crippen LogP contribution in [0, 0.1) is 6.92 Å². The molecule has 0 atom stereocenters. The second-order valence-corrected chi connectivity index (χ2v) is 6.32. The fourth-order valence-electron chi connectivity index (χ4n) is 2.25. The number of nitrogens with one attached hydrogen (secondary N) is 2. The van der Waals surface area contributed by atoms with Gasteiger partial charge >= 0.3 is 0 Å². The molecule has 0 saturated carbocycles. The average Bonchev–Trinajstić information content (AvgIpc) is 2.96. The second-order valence-electron chi connectivity index (χ2n) is 5.47. The Morgan fingerprint density at radius 2 is 1.92 bits per heavy atom. The van der Waals surface area contributed by atoms with Crippen LogP contribution in [0.3, 0.4) is 0 Å². The summed E-state index contributed by atoms with van der Waals surface area (Å²) >= 11 is 11.3. The first-order chi connectivity index (χ1) is 11.6. The molecule has 0 radical (unpaired) electrons. The number of aryl methyl sites for hydroxylation is 1. The topological polar surface area (TPSA) is 41.9 Å². The van der Waals surface area contributed by atoms with Crippen molar-refractivity contribution >= 4 is 40.4 Å². The number of rotatable bonds is 4. The smallest absolute Gasteiger partial charge is 0.176 e. The van der Waals surface area contributed by atoms with Gasteiger partial charge in [-0.25, -0.2) is 0 Å². The first-order valence-electron chi connectivity index (χ1n) is 7.51. The van der Waals surface area contributed by atoms with Gasteiger partial charge in [-0.3, -0.25) is 4.68 Å². The Morgan fingerprint density at radius 3 is 2.67 bits per heavy atom. The highest BCUT2D eigenvalue weighted by molar-refractivity contribution is 7.80. The highest BCUT2D eigenvalue weighted by Gasteiger charge is 2.03. The number of anilines is 2. The number of aromatic nitrogens is 2. The number of hydrogen-bond acceptors (Lipinski definition) is 2. The molecule has 0 bridgehead atoms. The molecule has 122 valence electrons. The van der Waals surface area contributed by atoms with Crippen molar-refractivity contribution in [3.8, 4) is 0 Å². The largest absolute Gasteiger partial charge is 0.332 e. The zero-order valence-corrected chi connectivity index (χ0v) is 14.7. The maximum Gasteiger partial charge on any atom is 0.176 e. The summed E-state index contributed by atoms with van der Waals surface area (Å²) in [6.07, 6.45) is 1.90. The Hall–Kier alpha value is -2.37. The molecule has 0 aliphatic heterocycles. The lowest BCUT2D eigenvalue weighted by atomic mass is 10.2. The van der Waals surface area contributed by atoms with Crippen LogP contribution in [-0.2, 0) is 6.54 Å². The zero-order valence-electron chi connectivity index (χ0n) is 13.2. The molecule has 24 heavy (non-hydrogen) atoms. The van der Waals surface area contributed by atoms with Crippen LogP contribution in [0.25, 0.3) is 0 Å². The summed E-state index contributed by atoms with van der Waals surface area (Å²) in [5.74, 6) is 0.696. The van der Waals surface area contributed by atoms with E-state index in [0.717, 1.165) is 16.3 Å². The highest BCUT2D eigenvalue weighted by atomic mass is 35.5. The van der Waals surface area contributed by atoms with E-state index in [4.69, 9.17) is 23.8 Å². The maximum absolute atomic E-state index is 6.00. The third-order valence-corrected chi connectivity index (χ3v) is 3.86. The Bertz CT molecular complexity index is 842. The maximum atomic E-state index is 6.00. The van der Waals surface area contributed by atoms with Crippen LogP contribution in [0.15, 0.2) is 60.8 Å². The van der Waals surface area contributed by atoms with Crippen molar-refractivity contribution in [2.45, 2.75) is 13.5 Å². The first-order valence-corrected chi connectivity index (χ1v) is 8.30. The van der Waals surface area contributed by atoms with Gasteiger partial charge in [0.25, 0.3) is 0 Å². The van der Waals surface area contributed by atoms with Gasteiger partial charge in [-0.1, -0.05) is 41.4 Å². The lowest BCUT2D eigenvalue weighted by molar-refractivity contribution is 0.690. The molecule has 0 spiro atoms. The number of nitrogens with zero attached hydrogens (tertiary/aromatic N) is 2. The third-order valence-electron chi connectivity index (χ3n) is 3.43. The lowest BCUT2D eigenvalue weighted by Crippen LogP contribution is -2.19. The van der Waals surface area contributed by atoms with Gasteiger partial charge in [0.2, 0.25) is 0 Å². The molecule has 0 amide bonds. The Labute approximate surface area is 151 Å². The molecule has 0 fully saturated rings. The van der Waals surface area contributed by atoms with Crippen molar-refractivity contribution in [2.75, 3.05) is 10.6 Å². The normalized spacial score (nSPS) is 10.4. The van der Waals surface area contributed by atoms with Crippen LogP contribution in [0.5, 0.6) is 0 Å². The molecule has 0 unspecified atom stereocenters. The molecule has 1 heterocycles. The molecule has 3 aromatic rings. The molecule has 0 aliphatic rings. The van der Waals surface area contributed by atoms with Gasteiger partial charge in [0.05, 0.1) is 6.54 Å². The minimum absolute atomic E-state index is 0.506. The first kappa shape index (κ1) is 16.5. The average molecular weight is 357 g/mol. The summed E-state index contributed by atoms with van der Waals surface area (Å²) < 4.78 is 1.84. The summed E-state index contributed by atoms with van der Waals surface area (Å²) in [5.41, 5.74) is 3.24. The van der Waals surface area contributed by atoms with Gasteiger partial charge in [-0.05, 0) is 49.0 Å². The van der Waals surface area contributed by atoms with E-state index in [1.165, 1.54) is 5.56 Å². The van der Waals surface area contributed by atoms with Crippen LogP contribution in [0.4, 0.5) is 11.5 Å². The van der Waals surface area contributed by atoms with Gasteiger partial charge in [-0.15, -0.1) is 0 Å². The molecule has 6 heteroatoms. The fourth-order valence-corrected chi connectivity index (χ4v) is 2.69. The van der Waals surface area contributed by atoms with Crippen LogP contribution in [0.2, 0.25) is 5.02 Å². The van der Waals surface area contributed by atoms with E-state index in [1.807, 2.05) is 72.4 Å². The van der Waals surface area contributed by atoms with Crippen LogP contribution in [0.1, 0.15) is 11.1 Å². The molecule has 0 saturated heterocycles. The predicted molar refractivity (Wildman–Crippen MR) is 104 cm³/mol. The Morgan fingerprint density at radius 1 is 1.12 bits per heavy atom. The van der Waals surface area contributed by atoms with Gasteiger partial charge < -0.3 is 10.6 Å². The van der Waals surface area contributed by atoms with E-state index in [2.05, 4.69) is 15.7 Å². The van der Waals surface area contributed by atoms with Gasteiger partial charge in [0.15, 0.2) is 10.9 Å². The van der Waals surface area contributed by atoms with Gasteiger partial charge in [-0.2, -0.15) is 5.10 Å². The molecular formula is C18H17ClN4S. The molecule has 4 nitrogen and oxygen atoms in total. The number of benzene rings is 2. The Kier molecular flexibility index (Phi) is 5.13. The SMILES string of the molecule is Cc1ccc(NC(=S)Nc2ccn(Cc3cccc(Cl)c3)n2)cc1. The molecule has 3 rings (SSSR count). The van der Waals surface area contributed by atoms with Crippen LogP contribution in [-0.4, -0.2) is 14.9 Å². The number of thiocarbonyl (C=S) groups is 1. The predicted octanol–water partition coefficient (Wildman–Crippen LogP) is 4.70. The van der Waals surface area contributed by atoms with Crippen molar-refractivity contribution in [1.29, 1.82) is 0 Å². The standard InChI is InChI=1S/C18H17ClN4S/c1-13-5-7-16(8-6-13)20-18(24)21-17-9-10-23(22-17)12-14-3-2-4-15(19)11-14/h2-11H,12H2,1H3,(H2,20,21,22,24). The van der Waals surface area contributed by atoms with E-state index in [-0.39, 0.29) is 0 Å². The van der Waals surface area contributed by atoms with E-state index >= 15 is 0 Å². The van der Waals surface area contributed by atoms with Crippen molar-refractivity contribution in [3.05, 3.63) is 76.9 Å². The highest BCUT2D eigenvalue weighted by Crippen LogP contribution is 2.13.